The molecule has 8 nitrogen and oxygen atoms in total. The first-order valence-electron chi connectivity index (χ1n) is 8.25. The van der Waals surface area contributed by atoms with Gasteiger partial charge in [0.2, 0.25) is 0 Å². The molecule has 0 unspecified atom stereocenters. The van der Waals surface area contributed by atoms with Gasteiger partial charge in [0.15, 0.2) is 4.80 Å². The number of esters is 1. The summed E-state index contributed by atoms with van der Waals surface area (Å²) in [5.74, 6) is -1.09. The Hall–Kier alpha value is -3.30. The zero-order valence-electron chi connectivity index (χ0n) is 15.1. The maximum atomic E-state index is 12.3. The highest BCUT2D eigenvalue weighted by molar-refractivity contribution is 7.16. The summed E-state index contributed by atoms with van der Waals surface area (Å²) in [6.45, 7) is -0.152. The van der Waals surface area contributed by atoms with Gasteiger partial charge in [-0.15, -0.1) is 0 Å². The van der Waals surface area contributed by atoms with Crippen LogP contribution in [-0.4, -0.2) is 28.5 Å². The van der Waals surface area contributed by atoms with Crippen molar-refractivity contribution in [1.29, 1.82) is 0 Å². The number of nitro groups is 1. The molecule has 2 aromatic carbocycles. The summed E-state index contributed by atoms with van der Waals surface area (Å²) in [4.78, 5) is 38.8. The number of methoxy groups -OCH3 is 1. The van der Waals surface area contributed by atoms with Crippen LogP contribution in [-0.2, 0) is 20.9 Å². The van der Waals surface area contributed by atoms with Crippen molar-refractivity contribution in [3.63, 3.8) is 0 Å². The number of rotatable bonds is 5. The quantitative estimate of drug-likeness (QED) is 0.266. The zero-order valence-corrected chi connectivity index (χ0v) is 16.6. The second kappa shape index (κ2) is 8.80. The minimum Gasteiger partial charge on any atom is -0.468 e. The van der Waals surface area contributed by atoms with Gasteiger partial charge in [-0.1, -0.05) is 41.1 Å². The van der Waals surface area contributed by atoms with Crippen LogP contribution in [0.15, 0.2) is 53.5 Å². The number of benzene rings is 2. The predicted molar refractivity (Wildman–Crippen MR) is 110 cm³/mol. The fourth-order valence-corrected chi connectivity index (χ4v) is 3.95. The van der Waals surface area contributed by atoms with Crippen LogP contribution in [0.25, 0.3) is 16.3 Å². The lowest BCUT2D eigenvalue weighted by atomic mass is 10.2. The molecule has 0 aliphatic carbocycles. The molecule has 29 heavy (non-hydrogen) atoms. The van der Waals surface area contributed by atoms with Gasteiger partial charge in [-0.05, 0) is 23.8 Å². The third kappa shape index (κ3) is 4.76. The molecule has 0 atom stereocenters. The fraction of sp³-hybridized carbons (Fsp3) is 0.105. The van der Waals surface area contributed by atoms with Crippen LogP contribution >= 0.6 is 22.9 Å². The number of para-hydroxylation sites is 1. The molecule has 0 aliphatic rings. The number of hydrogen-bond donors (Lipinski definition) is 0. The van der Waals surface area contributed by atoms with Gasteiger partial charge >= 0.3 is 5.97 Å². The van der Waals surface area contributed by atoms with Gasteiger partial charge in [-0.2, -0.15) is 4.99 Å². The third-order valence-corrected chi connectivity index (χ3v) is 5.22. The van der Waals surface area contributed by atoms with Crippen LogP contribution in [0, 0.1) is 10.1 Å². The molecule has 0 aliphatic heterocycles. The Labute approximate surface area is 173 Å². The minimum absolute atomic E-state index is 0.0772. The average molecular weight is 432 g/mol. The SMILES string of the molecule is COC(=O)Cn1c(=NC(=O)/C=C/c2cccc([N+](=O)[O-])c2)sc2cccc(Cl)c21. The first kappa shape index (κ1) is 20.4. The Morgan fingerprint density at radius 3 is 2.79 bits per heavy atom. The summed E-state index contributed by atoms with van der Waals surface area (Å²) in [6.07, 6.45) is 2.64. The predicted octanol–water partition coefficient (Wildman–Crippen LogP) is 3.58. The molecule has 1 amide bonds. The summed E-state index contributed by atoms with van der Waals surface area (Å²) < 4.78 is 7.00. The van der Waals surface area contributed by atoms with E-state index in [0.29, 0.717) is 16.1 Å². The van der Waals surface area contributed by atoms with Gasteiger partial charge in [0, 0.05) is 18.2 Å². The van der Waals surface area contributed by atoms with Crippen LogP contribution in [0.3, 0.4) is 0 Å². The van der Waals surface area contributed by atoms with Gasteiger partial charge in [-0.3, -0.25) is 19.7 Å². The first-order chi connectivity index (χ1) is 13.9. The number of ether oxygens (including phenoxy) is 1. The number of nitrogens with zero attached hydrogens (tertiary/aromatic N) is 3. The zero-order chi connectivity index (χ0) is 21.0. The Balaban J connectivity index is 1.99. The first-order valence-corrected chi connectivity index (χ1v) is 9.44. The van der Waals surface area contributed by atoms with E-state index in [1.54, 1.807) is 18.2 Å². The summed E-state index contributed by atoms with van der Waals surface area (Å²) in [7, 11) is 1.27. The van der Waals surface area contributed by atoms with E-state index in [9.17, 15) is 19.7 Å². The maximum Gasteiger partial charge on any atom is 0.325 e. The third-order valence-electron chi connectivity index (χ3n) is 3.87. The van der Waals surface area contributed by atoms with Crippen LogP contribution in [0.4, 0.5) is 5.69 Å². The van der Waals surface area contributed by atoms with Gasteiger partial charge in [0.1, 0.15) is 6.54 Å². The molecule has 10 heteroatoms. The van der Waals surface area contributed by atoms with Crippen LogP contribution in [0.1, 0.15) is 5.56 Å². The van der Waals surface area contributed by atoms with Gasteiger partial charge in [0.05, 0.1) is 27.3 Å². The normalized spacial score (nSPS) is 11.9. The van der Waals surface area contributed by atoms with E-state index in [1.807, 2.05) is 6.07 Å². The van der Waals surface area contributed by atoms with E-state index in [0.717, 1.165) is 4.70 Å². The standard InChI is InChI=1S/C19H14ClN3O5S/c1-28-17(25)11-22-18-14(20)6-3-7-15(18)29-19(22)21-16(24)9-8-12-4-2-5-13(10-12)23(26)27/h2-10H,11H2,1H3/b9-8+,21-19?. The number of aromatic nitrogens is 1. The minimum atomic E-state index is -0.585. The van der Waals surface area contributed by atoms with Crippen molar-refractivity contribution in [3.8, 4) is 0 Å². The average Bonchev–Trinajstić information content (AvgIpc) is 3.04. The molecule has 0 fully saturated rings. The van der Waals surface area contributed by atoms with Crippen molar-refractivity contribution in [2.75, 3.05) is 7.11 Å². The van der Waals surface area contributed by atoms with Crippen molar-refractivity contribution in [1.82, 2.24) is 4.57 Å². The lowest BCUT2D eigenvalue weighted by Gasteiger charge is -2.04. The fourth-order valence-electron chi connectivity index (χ4n) is 2.55. The van der Waals surface area contributed by atoms with E-state index in [2.05, 4.69) is 4.99 Å². The second-order valence-electron chi connectivity index (χ2n) is 5.77. The Kier molecular flexibility index (Phi) is 6.20. The van der Waals surface area contributed by atoms with Crippen molar-refractivity contribution < 1.29 is 19.2 Å². The number of non-ortho nitro benzene ring substituents is 1. The molecule has 1 aromatic heterocycles. The molecule has 148 valence electrons. The number of carbonyl (C=O) groups excluding carboxylic acids is 2. The van der Waals surface area contributed by atoms with Crippen molar-refractivity contribution in [3.05, 3.63) is 74.0 Å². The molecule has 0 bridgehead atoms. The molecule has 0 saturated carbocycles. The molecule has 0 saturated heterocycles. The summed E-state index contributed by atoms with van der Waals surface area (Å²) in [6, 6.07) is 11.1. The van der Waals surface area contributed by atoms with Crippen LogP contribution in [0.2, 0.25) is 5.02 Å². The molecule has 0 radical (unpaired) electrons. The van der Waals surface area contributed by atoms with E-state index in [1.165, 1.54) is 53.4 Å². The highest BCUT2D eigenvalue weighted by atomic mass is 35.5. The molecular weight excluding hydrogens is 418 g/mol. The van der Waals surface area contributed by atoms with Crippen LogP contribution in [0.5, 0.6) is 0 Å². The Bertz CT molecular complexity index is 1210. The number of halogens is 1. The molecule has 3 aromatic rings. The number of amides is 1. The second-order valence-corrected chi connectivity index (χ2v) is 7.19. The van der Waals surface area contributed by atoms with Crippen LogP contribution < -0.4 is 4.80 Å². The van der Waals surface area contributed by atoms with E-state index < -0.39 is 16.8 Å². The number of thiazole rings is 1. The van der Waals surface area contributed by atoms with Gasteiger partial charge < -0.3 is 9.30 Å². The summed E-state index contributed by atoms with van der Waals surface area (Å²) in [5, 5.41) is 11.3. The lowest BCUT2D eigenvalue weighted by Crippen LogP contribution is -2.22. The molecule has 3 rings (SSSR count). The number of carbonyl (C=O) groups is 2. The molecule has 0 N–H and O–H groups in total. The van der Waals surface area contributed by atoms with Crippen molar-refractivity contribution in [2.45, 2.75) is 6.54 Å². The highest BCUT2D eigenvalue weighted by Crippen LogP contribution is 2.25. The molecular formula is C19H14ClN3O5S. The lowest BCUT2D eigenvalue weighted by molar-refractivity contribution is -0.384. The topological polar surface area (TPSA) is 104 Å². The summed E-state index contributed by atoms with van der Waals surface area (Å²) >= 11 is 7.47. The monoisotopic (exact) mass is 431 g/mol. The Morgan fingerprint density at radius 1 is 1.31 bits per heavy atom. The number of hydrogen-bond acceptors (Lipinski definition) is 6. The van der Waals surface area contributed by atoms with E-state index >= 15 is 0 Å². The number of nitro benzene ring substituents is 1. The van der Waals surface area contributed by atoms with Gasteiger partial charge in [0.25, 0.3) is 11.6 Å². The molecule has 0 spiro atoms. The largest absolute Gasteiger partial charge is 0.468 e. The van der Waals surface area contributed by atoms with Crippen molar-refractivity contribution in [2.24, 2.45) is 4.99 Å². The molecule has 1 heterocycles. The smallest absolute Gasteiger partial charge is 0.325 e. The highest BCUT2D eigenvalue weighted by Gasteiger charge is 2.13. The summed E-state index contributed by atoms with van der Waals surface area (Å²) in [5.41, 5.74) is 0.995. The van der Waals surface area contributed by atoms with Crippen molar-refractivity contribution >= 4 is 56.8 Å². The number of fused-ring (bicyclic) bond motifs is 1. The van der Waals surface area contributed by atoms with Gasteiger partial charge in [-0.25, -0.2) is 0 Å². The maximum absolute atomic E-state index is 12.3. The Morgan fingerprint density at radius 2 is 2.07 bits per heavy atom. The van der Waals surface area contributed by atoms with E-state index in [-0.39, 0.29) is 17.0 Å². The van der Waals surface area contributed by atoms with E-state index in [4.69, 9.17) is 16.3 Å².